The van der Waals surface area contributed by atoms with Gasteiger partial charge in [-0.3, -0.25) is 19.3 Å². The monoisotopic (exact) mass is 467 g/mol. The predicted octanol–water partition coefficient (Wildman–Crippen LogP) is 4.60. The van der Waals surface area contributed by atoms with Gasteiger partial charge in [-0.1, -0.05) is 36.4 Å². The summed E-state index contributed by atoms with van der Waals surface area (Å²) in [6.07, 6.45) is 3.87. The quantitative estimate of drug-likeness (QED) is 0.287. The fourth-order valence-corrected chi connectivity index (χ4v) is 4.08. The summed E-state index contributed by atoms with van der Waals surface area (Å²) < 4.78 is 16.5. The molecule has 0 bridgehead atoms. The van der Waals surface area contributed by atoms with Crippen LogP contribution in [0.1, 0.15) is 23.6 Å². The molecule has 0 N–H and O–H groups in total. The molecule has 3 rings (SSSR count). The Balaban J connectivity index is 1.87. The van der Waals surface area contributed by atoms with Crippen LogP contribution in [0.25, 0.3) is 6.08 Å². The number of ether oxygens (including phenoxy) is 3. The lowest BCUT2D eigenvalue weighted by Crippen LogP contribution is -2.34. The Hall–Kier alpha value is -3.52. The molecule has 2 aromatic rings. The van der Waals surface area contributed by atoms with Crippen LogP contribution in [0.2, 0.25) is 0 Å². The van der Waals surface area contributed by atoms with Gasteiger partial charge in [0.05, 0.1) is 18.6 Å². The van der Waals surface area contributed by atoms with Crippen LogP contribution in [-0.2, 0) is 27.4 Å². The number of hydrogen-bond acceptors (Lipinski definition) is 7. The normalized spacial score (nSPS) is 14.5. The standard InChI is InChI=1S/C25H25NO6S/c1-4-9-19-12-18(13-20(30-3)23(19)32-16-17-10-7-6-8-11-17)14-21-24(28)26(25(29)33-21)15-22(27)31-5-2/h4,6-8,10-14H,1,5,9,15-16H2,2-3H3/b21-14-. The van der Waals surface area contributed by atoms with Gasteiger partial charge in [0.1, 0.15) is 13.2 Å². The smallest absolute Gasteiger partial charge is 0.326 e. The van der Waals surface area contributed by atoms with Crippen LogP contribution in [0.4, 0.5) is 4.79 Å². The highest BCUT2D eigenvalue weighted by molar-refractivity contribution is 8.18. The summed E-state index contributed by atoms with van der Waals surface area (Å²) in [4.78, 5) is 37.8. The van der Waals surface area contributed by atoms with E-state index in [2.05, 4.69) is 6.58 Å². The summed E-state index contributed by atoms with van der Waals surface area (Å²) in [5, 5.41) is -0.514. The lowest BCUT2D eigenvalue weighted by molar-refractivity contribution is -0.145. The van der Waals surface area contributed by atoms with Crippen LogP contribution in [0.3, 0.4) is 0 Å². The molecule has 7 nitrogen and oxygen atoms in total. The van der Waals surface area contributed by atoms with E-state index < -0.39 is 23.7 Å². The molecule has 8 heteroatoms. The van der Waals surface area contributed by atoms with Gasteiger partial charge in [0.2, 0.25) is 0 Å². The van der Waals surface area contributed by atoms with Crippen molar-refractivity contribution in [3.8, 4) is 11.5 Å². The van der Waals surface area contributed by atoms with Gasteiger partial charge in [-0.2, -0.15) is 0 Å². The predicted molar refractivity (Wildman–Crippen MR) is 127 cm³/mol. The number of thioether (sulfide) groups is 1. The highest BCUT2D eigenvalue weighted by Crippen LogP contribution is 2.37. The Morgan fingerprint density at radius 3 is 2.61 bits per heavy atom. The number of esters is 1. The summed E-state index contributed by atoms with van der Waals surface area (Å²) in [6, 6.07) is 13.4. The number of rotatable bonds is 10. The molecule has 0 atom stereocenters. The zero-order valence-electron chi connectivity index (χ0n) is 18.5. The van der Waals surface area contributed by atoms with Crippen molar-refractivity contribution in [3.63, 3.8) is 0 Å². The molecule has 0 aliphatic carbocycles. The zero-order valence-corrected chi connectivity index (χ0v) is 19.4. The van der Waals surface area contributed by atoms with Gasteiger partial charge in [-0.25, -0.2) is 0 Å². The summed E-state index contributed by atoms with van der Waals surface area (Å²) in [5.74, 6) is -0.0706. The van der Waals surface area contributed by atoms with E-state index in [0.717, 1.165) is 27.8 Å². The van der Waals surface area contributed by atoms with Crippen molar-refractivity contribution in [2.45, 2.75) is 20.0 Å². The minimum absolute atomic E-state index is 0.176. The second-order valence-corrected chi connectivity index (χ2v) is 8.04. The first-order valence-electron chi connectivity index (χ1n) is 10.4. The highest BCUT2D eigenvalue weighted by atomic mass is 32.2. The third kappa shape index (κ3) is 6.04. The maximum Gasteiger partial charge on any atom is 0.326 e. The number of methoxy groups -OCH3 is 1. The molecule has 0 saturated carbocycles. The Morgan fingerprint density at radius 1 is 1.18 bits per heavy atom. The number of nitrogens with zero attached hydrogens (tertiary/aromatic N) is 1. The third-order valence-corrected chi connectivity index (χ3v) is 5.64. The van der Waals surface area contributed by atoms with E-state index in [9.17, 15) is 14.4 Å². The van der Waals surface area contributed by atoms with Crippen LogP contribution in [0, 0.1) is 0 Å². The second-order valence-electron chi connectivity index (χ2n) is 7.05. The van der Waals surface area contributed by atoms with E-state index >= 15 is 0 Å². The molecular weight excluding hydrogens is 442 g/mol. The van der Waals surface area contributed by atoms with Crippen LogP contribution in [0.5, 0.6) is 11.5 Å². The van der Waals surface area contributed by atoms with Crippen molar-refractivity contribution in [2.75, 3.05) is 20.3 Å². The first kappa shape index (κ1) is 24.1. The summed E-state index contributed by atoms with van der Waals surface area (Å²) in [7, 11) is 1.54. The zero-order chi connectivity index (χ0) is 23.8. The Kier molecular flexibility index (Phi) is 8.32. The van der Waals surface area contributed by atoms with Crippen LogP contribution < -0.4 is 9.47 Å². The minimum Gasteiger partial charge on any atom is -0.493 e. The van der Waals surface area contributed by atoms with Crippen molar-refractivity contribution in [1.29, 1.82) is 0 Å². The number of amides is 2. The molecule has 1 heterocycles. The molecule has 0 aromatic heterocycles. The van der Waals surface area contributed by atoms with Crippen LogP contribution in [0.15, 0.2) is 60.0 Å². The molecule has 1 fully saturated rings. The average Bonchev–Trinajstić information content (AvgIpc) is 3.06. The molecule has 2 amide bonds. The SMILES string of the molecule is C=CCc1cc(/C=C2\SC(=O)N(CC(=O)OCC)C2=O)cc(OC)c1OCc1ccccc1. The van der Waals surface area contributed by atoms with E-state index in [1.54, 1.807) is 32.3 Å². The molecular formula is C25H25NO6S. The van der Waals surface area contributed by atoms with E-state index in [4.69, 9.17) is 14.2 Å². The van der Waals surface area contributed by atoms with Gasteiger partial charge >= 0.3 is 5.97 Å². The van der Waals surface area contributed by atoms with Gasteiger partial charge in [-0.05, 0) is 54.4 Å². The van der Waals surface area contributed by atoms with Gasteiger partial charge in [-0.15, -0.1) is 6.58 Å². The average molecular weight is 468 g/mol. The van der Waals surface area contributed by atoms with Crippen molar-refractivity contribution >= 4 is 35.0 Å². The van der Waals surface area contributed by atoms with E-state index in [0.29, 0.717) is 30.1 Å². The van der Waals surface area contributed by atoms with Crippen molar-refractivity contribution in [1.82, 2.24) is 4.90 Å². The molecule has 2 aromatic carbocycles. The van der Waals surface area contributed by atoms with E-state index in [1.165, 1.54) is 0 Å². The summed E-state index contributed by atoms with van der Waals surface area (Å²) in [6.45, 7) is 5.61. The van der Waals surface area contributed by atoms with Crippen molar-refractivity contribution < 1.29 is 28.6 Å². The minimum atomic E-state index is -0.629. The molecule has 172 valence electrons. The van der Waals surface area contributed by atoms with E-state index in [1.807, 2.05) is 36.4 Å². The molecule has 0 unspecified atom stereocenters. The topological polar surface area (TPSA) is 82.1 Å². The Bertz CT molecular complexity index is 1080. The first-order chi connectivity index (χ1) is 16.0. The second kappa shape index (κ2) is 11.4. The fourth-order valence-electron chi connectivity index (χ4n) is 3.24. The number of hydrogen-bond donors (Lipinski definition) is 0. The van der Waals surface area contributed by atoms with Crippen molar-refractivity contribution in [3.05, 3.63) is 76.7 Å². The molecule has 0 radical (unpaired) electrons. The molecule has 1 aliphatic heterocycles. The van der Waals surface area contributed by atoms with Crippen LogP contribution in [-0.4, -0.2) is 42.3 Å². The lowest BCUT2D eigenvalue weighted by Gasteiger charge is -2.16. The third-order valence-electron chi connectivity index (χ3n) is 4.73. The number of carbonyl (C=O) groups excluding carboxylic acids is 3. The Morgan fingerprint density at radius 2 is 1.94 bits per heavy atom. The van der Waals surface area contributed by atoms with Crippen molar-refractivity contribution in [2.24, 2.45) is 0 Å². The fraction of sp³-hybridized carbons (Fsp3) is 0.240. The lowest BCUT2D eigenvalue weighted by atomic mass is 10.0. The highest BCUT2D eigenvalue weighted by Gasteiger charge is 2.36. The van der Waals surface area contributed by atoms with Crippen LogP contribution >= 0.6 is 11.8 Å². The summed E-state index contributed by atoms with van der Waals surface area (Å²) in [5.41, 5.74) is 2.51. The maximum absolute atomic E-state index is 12.7. The number of carbonyl (C=O) groups is 3. The van der Waals surface area contributed by atoms with Gasteiger partial charge < -0.3 is 14.2 Å². The molecule has 33 heavy (non-hydrogen) atoms. The number of allylic oxidation sites excluding steroid dienone is 1. The number of benzene rings is 2. The largest absolute Gasteiger partial charge is 0.493 e. The summed E-state index contributed by atoms with van der Waals surface area (Å²) >= 11 is 0.780. The number of imide groups is 1. The van der Waals surface area contributed by atoms with Gasteiger partial charge in [0.15, 0.2) is 11.5 Å². The first-order valence-corrected chi connectivity index (χ1v) is 11.2. The van der Waals surface area contributed by atoms with E-state index in [-0.39, 0.29) is 11.5 Å². The maximum atomic E-state index is 12.7. The molecule has 1 saturated heterocycles. The van der Waals surface area contributed by atoms with Gasteiger partial charge in [0.25, 0.3) is 11.1 Å². The molecule has 1 aliphatic rings. The Labute approximate surface area is 197 Å². The van der Waals surface area contributed by atoms with Gasteiger partial charge in [0, 0.05) is 5.56 Å². The molecule has 0 spiro atoms.